The van der Waals surface area contributed by atoms with Crippen LogP contribution in [0.4, 0.5) is 0 Å². The zero-order valence-electron chi connectivity index (χ0n) is 9.84. The predicted octanol–water partition coefficient (Wildman–Crippen LogP) is 1.70. The average molecular weight is 297 g/mol. The third-order valence-electron chi connectivity index (χ3n) is 2.04. The van der Waals surface area contributed by atoms with Crippen LogP contribution in [0.25, 0.3) is 4.85 Å². The molecule has 1 aliphatic heterocycles. The Hall–Kier alpha value is -1.50. The van der Waals surface area contributed by atoms with Crippen LogP contribution in [0.1, 0.15) is 13.8 Å². The molecule has 4 nitrogen and oxygen atoms in total. The topological polar surface area (TPSA) is 33.9 Å². The Morgan fingerprint density at radius 1 is 1.65 bits per heavy atom. The van der Waals surface area contributed by atoms with Gasteiger partial charge in [-0.05, 0) is 0 Å². The molecule has 1 rings (SSSR count). The molecule has 0 N–H and O–H groups in total. The molecule has 0 aliphatic carbocycles. The van der Waals surface area contributed by atoms with E-state index in [4.69, 9.17) is 11.3 Å². The van der Waals surface area contributed by atoms with Crippen molar-refractivity contribution in [3.05, 3.63) is 45.0 Å². The van der Waals surface area contributed by atoms with Crippen molar-refractivity contribution in [3.8, 4) is 0 Å². The van der Waals surface area contributed by atoms with Crippen LogP contribution in [0.3, 0.4) is 0 Å². The van der Waals surface area contributed by atoms with E-state index in [1.807, 2.05) is 12.3 Å². The molecule has 0 spiro atoms. The summed E-state index contributed by atoms with van der Waals surface area (Å²) < 4.78 is 5.93. The fourth-order valence-electron chi connectivity index (χ4n) is 1.22. The molecule has 0 aromatic rings. The number of allylic oxidation sites excluding steroid dienone is 2. The number of rotatable bonds is 4. The monoisotopic (exact) mass is 298 g/mol. The summed E-state index contributed by atoms with van der Waals surface area (Å²) in [7, 11) is 0. The molecule has 0 bridgehead atoms. The van der Waals surface area contributed by atoms with Gasteiger partial charge in [0.2, 0.25) is 0 Å². The molecule has 0 radical (unpaired) electrons. The van der Waals surface area contributed by atoms with Gasteiger partial charge in [0.05, 0.1) is 0 Å². The van der Waals surface area contributed by atoms with Crippen LogP contribution in [-0.4, -0.2) is 39.0 Å². The van der Waals surface area contributed by atoms with Crippen LogP contribution in [-0.2, 0) is 9.53 Å². The van der Waals surface area contributed by atoms with Gasteiger partial charge in [-0.2, -0.15) is 0 Å². The first-order valence-corrected chi connectivity index (χ1v) is 7.14. The van der Waals surface area contributed by atoms with E-state index in [9.17, 15) is 4.79 Å². The summed E-state index contributed by atoms with van der Waals surface area (Å²) in [6.45, 7) is 11.9. The van der Waals surface area contributed by atoms with Gasteiger partial charge in [0, 0.05) is 0 Å². The van der Waals surface area contributed by atoms with Crippen molar-refractivity contribution in [3.63, 3.8) is 0 Å². The first-order valence-electron chi connectivity index (χ1n) is 5.29. The van der Waals surface area contributed by atoms with Crippen LogP contribution in [0.15, 0.2) is 33.6 Å². The number of esters is 1. The van der Waals surface area contributed by atoms with Crippen LogP contribution < -0.4 is 0 Å². The zero-order valence-corrected chi connectivity index (χ0v) is 11.6. The van der Waals surface area contributed by atoms with Gasteiger partial charge in [-0.1, -0.05) is 0 Å². The maximum atomic E-state index is 11.4. The molecule has 0 fully saturated rings. The van der Waals surface area contributed by atoms with Crippen molar-refractivity contribution < 1.29 is 9.53 Å². The fraction of sp³-hybridized carbons (Fsp3) is 0.333. The zero-order chi connectivity index (χ0) is 12.7. The number of nitrogens with zero attached hydrogens (tertiary/aromatic N) is 2. The molecule has 17 heavy (non-hydrogen) atoms. The van der Waals surface area contributed by atoms with Crippen molar-refractivity contribution in [2.75, 3.05) is 13.2 Å². The fourth-order valence-corrected chi connectivity index (χ4v) is 2.94. The van der Waals surface area contributed by atoms with E-state index in [2.05, 4.69) is 21.6 Å². The molecule has 0 amide bonds. The summed E-state index contributed by atoms with van der Waals surface area (Å²) >= 11 is 0.286. The molecule has 90 valence electrons. The molecule has 5 heteroatoms. The molecule has 0 unspecified atom stereocenters. The van der Waals surface area contributed by atoms with Crippen molar-refractivity contribution in [1.82, 2.24) is 4.90 Å². The van der Waals surface area contributed by atoms with E-state index in [1.165, 1.54) is 6.08 Å². The Balaban J connectivity index is 2.77. The number of carbonyl (C=O) groups is 1. The Bertz CT molecular complexity index is 419. The third-order valence-corrected chi connectivity index (χ3v) is 3.87. The SMILES string of the molecule is [C-]#[N+]C(=CC=C1[Se]C=CN1CC)C(=O)OCC. The Morgan fingerprint density at radius 3 is 3.00 bits per heavy atom. The third kappa shape index (κ3) is 3.77. The molecular weight excluding hydrogens is 283 g/mol. The molecule has 1 heterocycles. The van der Waals surface area contributed by atoms with Crippen LogP contribution in [0, 0.1) is 6.57 Å². The van der Waals surface area contributed by atoms with Gasteiger partial charge < -0.3 is 0 Å². The molecule has 0 aromatic carbocycles. The summed E-state index contributed by atoms with van der Waals surface area (Å²) in [6, 6.07) is 0. The second-order valence-corrected chi connectivity index (χ2v) is 5.02. The number of ether oxygens (including phenoxy) is 1. The Morgan fingerprint density at radius 2 is 2.41 bits per heavy atom. The van der Waals surface area contributed by atoms with E-state index in [0.717, 1.165) is 11.1 Å². The van der Waals surface area contributed by atoms with Crippen molar-refractivity contribution in [2.24, 2.45) is 0 Å². The van der Waals surface area contributed by atoms with Crippen LogP contribution in [0.5, 0.6) is 0 Å². The van der Waals surface area contributed by atoms with E-state index in [0.29, 0.717) is 0 Å². The summed E-state index contributed by atoms with van der Waals surface area (Å²) in [5.74, 6) is -0.555. The van der Waals surface area contributed by atoms with Gasteiger partial charge >= 0.3 is 107 Å². The molecule has 0 saturated carbocycles. The summed E-state index contributed by atoms with van der Waals surface area (Å²) in [4.78, 5) is 18.8. The molecule has 1 aliphatic rings. The molecule has 0 saturated heterocycles. The molecular formula is C12H14N2O2Se. The summed E-state index contributed by atoms with van der Waals surface area (Å²) in [5, 5.41) is 0. The minimum absolute atomic E-state index is 0.0260. The van der Waals surface area contributed by atoms with Gasteiger partial charge in [-0.3, -0.25) is 0 Å². The standard InChI is InChI=1S/C12H14N2O2Se/c1-4-14-8-9-17-11(14)7-6-10(13-3)12(15)16-5-2/h6-9H,4-5H2,1-2H3. The second kappa shape index (κ2) is 6.95. The van der Waals surface area contributed by atoms with Gasteiger partial charge in [-0.15, -0.1) is 0 Å². The summed E-state index contributed by atoms with van der Waals surface area (Å²) in [6.07, 6.45) is 5.40. The Kier molecular flexibility index (Phi) is 5.54. The van der Waals surface area contributed by atoms with Crippen molar-refractivity contribution in [1.29, 1.82) is 0 Å². The minimum atomic E-state index is -0.555. The number of carbonyl (C=O) groups excluding carboxylic acids is 1. The van der Waals surface area contributed by atoms with Crippen LogP contribution >= 0.6 is 0 Å². The van der Waals surface area contributed by atoms with Gasteiger partial charge in [-0.25, -0.2) is 0 Å². The van der Waals surface area contributed by atoms with Crippen molar-refractivity contribution >= 4 is 20.9 Å². The van der Waals surface area contributed by atoms with E-state index in [-0.39, 0.29) is 27.3 Å². The van der Waals surface area contributed by atoms with Gasteiger partial charge in [0.15, 0.2) is 0 Å². The van der Waals surface area contributed by atoms with E-state index < -0.39 is 5.97 Å². The molecule has 0 atom stereocenters. The first kappa shape index (κ1) is 13.6. The summed E-state index contributed by atoms with van der Waals surface area (Å²) in [5.41, 5.74) is 0.0260. The predicted molar refractivity (Wildman–Crippen MR) is 66.7 cm³/mol. The quantitative estimate of drug-likeness (QED) is 0.343. The second-order valence-electron chi connectivity index (χ2n) is 3.08. The average Bonchev–Trinajstić information content (AvgIpc) is 2.77. The van der Waals surface area contributed by atoms with Gasteiger partial charge in [0.25, 0.3) is 0 Å². The van der Waals surface area contributed by atoms with E-state index >= 15 is 0 Å². The normalized spacial score (nSPS) is 17.4. The Labute approximate surface area is 108 Å². The van der Waals surface area contributed by atoms with Gasteiger partial charge in [0.1, 0.15) is 0 Å². The maximum absolute atomic E-state index is 11.4. The van der Waals surface area contributed by atoms with Crippen LogP contribution in [0.2, 0.25) is 0 Å². The van der Waals surface area contributed by atoms with Crippen molar-refractivity contribution in [2.45, 2.75) is 13.8 Å². The number of hydrogen-bond acceptors (Lipinski definition) is 3. The number of hydrogen-bond donors (Lipinski definition) is 0. The molecule has 0 aromatic heterocycles. The first-order chi connectivity index (χ1) is 8.22. The van der Waals surface area contributed by atoms with E-state index in [1.54, 1.807) is 6.92 Å².